The molecule has 0 unspecified atom stereocenters. The Balaban J connectivity index is 2.59. The van der Waals surface area contributed by atoms with E-state index in [2.05, 4.69) is 0 Å². The molecule has 0 spiro atoms. The lowest BCUT2D eigenvalue weighted by atomic mass is 9.53. The van der Waals surface area contributed by atoms with Gasteiger partial charge in [-0.05, 0) is 5.34 Å². The Bertz CT molecular complexity index is 118. The summed E-state index contributed by atoms with van der Waals surface area (Å²) in [4.78, 5) is 0. The lowest BCUT2D eigenvalue weighted by molar-refractivity contribution is -0.185. The van der Waals surface area contributed by atoms with Crippen LogP contribution in [0.5, 0.6) is 0 Å². The van der Waals surface area contributed by atoms with Crippen LogP contribution in [0.2, 0.25) is 0 Å². The number of ether oxygens (including phenoxy) is 1. The Morgan fingerprint density at radius 3 is 2.00 bits per heavy atom. The lowest BCUT2D eigenvalue weighted by Gasteiger charge is -2.46. The van der Waals surface area contributed by atoms with E-state index in [0.29, 0.717) is 13.2 Å². The number of nitrogens with two attached hydrogens (primary N) is 1. The highest BCUT2D eigenvalue weighted by atomic mass is 16.5. The highest BCUT2D eigenvalue weighted by molar-refractivity contribution is 6.40. The van der Waals surface area contributed by atoms with Gasteiger partial charge < -0.3 is 15.6 Å². The maximum Gasteiger partial charge on any atom is 0.120 e. The van der Waals surface area contributed by atoms with Gasteiger partial charge in [-0.25, -0.2) is 0 Å². The average Bonchev–Trinajstić information content (AvgIpc) is 1.57. The summed E-state index contributed by atoms with van der Waals surface area (Å²) >= 11 is 0. The maximum atomic E-state index is 9.50. The maximum absolute atomic E-state index is 9.50. The van der Waals surface area contributed by atoms with E-state index in [-0.39, 0.29) is 0 Å². The van der Waals surface area contributed by atoms with Crippen LogP contribution in [-0.4, -0.2) is 45.0 Å². The topological polar surface area (TPSA) is 55.5 Å². The fourth-order valence-electron chi connectivity index (χ4n) is 0.667. The van der Waals surface area contributed by atoms with E-state index in [4.69, 9.17) is 10.5 Å². The van der Waals surface area contributed by atoms with Crippen LogP contribution < -0.4 is 5.73 Å². The first-order valence-corrected chi connectivity index (χ1v) is 3.05. The van der Waals surface area contributed by atoms with Gasteiger partial charge in [0.1, 0.15) is 21.3 Å². The minimum Gasteiger partial charge on any atom is -0.385 e. The third-order valence-electron chi connectivity index (χ3n) is 1.88. The summed E-state index contributed by atoms with van der Waals surface area (Å²) in [5.74, 6) is 0. The molecule has 1 heterocycles. The molecule has 0 radical (unpaired) electrons. The highest BCUT2D eigenvalue weighted by Gasteiger charge is 2.46. The van der Waals surface area contributed by atoms with Crippen LogP contribution in [-0.2, 0) is 4.74 Å². The van der Waals surface area contributed by atoms with Gasteiger partial charge in [-0.15, -0.1) is 0 Å². The van der Waals surface area contributed by atoms with Crippen LogP contribution in [0, 0.1) is 0 Å². The Morgan fingerprint density at radius 2 is 2.00 bits per heavy atom. The van der Waals surface area contributed by atoms with Crippen molar-refractivity contribution in [2.45, 2.75) is 10.9 Å². The third-order valence-corrected chi connectivity index (χ3v) is 1.88. The number of aliphatic hydroxyl groups is 1. The van der Waals surface area contributed by atoms with Crippen molar-refractivity contribution >= 4 is 15.7 Å². The zero-order valence-corrected chi connectivity index (χ0v) is 5.85. The van der Waals surface area contributed by atoms with Crippen molar-refractivity contribution in [3.05, 3.63) is 0 Å². The molecule has 3 nitrogen and oxygen atoms in total. The average molecular weight is 127 g/mol. The minimum atomic E-state index is -0.785. The molecule has 0 amide bonds. The van der Waals surface area contributed by atoms with Crippen molar-refractivity contribution in [1.29, 1.82) is 0 Å². The monoisotopic (exact) mass is 127 g/mol. The summed E-state index contributed by atoms with van der Waals surface area (Å²) in [7, 11) is 3.60. The number of hydrogen-bond acceptors (Lipinski definition) is 3. The summed E-state index contributed by atoms with van der Waals surface area (Å²) in [6.07, 6.45) is 0. The summed E-state index contributed by atoms with van der Waals surface area (Å²) in [5, 5.41) is 8.96. The second kappa shape index (κ2) is 1.75. The lowest BCUT2D eigenvalue weighted by Crippen LogP contribution is -2.71. The van der Waals surface area contributed by atoms with Gasteiger partial charge in [0, 0.05) is 0 Å². The molecule has 1 aliphatic rings. The van der Waals surface area contributed by atoms with Crippen LogP contribution in [0.15, 0.2) is 0 Å². The van der Waals surface area contributed by atoms with E-state index < -0.39 is 10.9 Å². The number of hydrogen-bond donors (Lipinski definition) is 2. The molecule has 3 N–H and O–H groups in total. The Kier molecular flexibility index (Phi) is 1.38. The predicted octanol–water partition coefficient (Wildman–Crippen LogP) is -3.37. The largest absolute Gasteiger partial charge is 0.385 e. The van der Waals surface area contributed by atoms with E-state index in [9.17, 15) is 5.11 Å². The first-order chi connectivity index (χ1) is 3.96. The normalized spacial score (nSPS) is 25.1. The molecule has 1 rings (SSSR count). The fourth-order valence-corrected chi connectivity index (χ4v) is 0.667. The van der Waals surface area contributed by atoms with Crippen molar-refractivity contribution in [3.63, 3.8) is 0 Å². The van der Waals surface area contributed by atoms with Crippen molar-refractivity contribution < 1.29 is 9.84 Å². The van der Waals surface area contributed by atoms with Gasteiger partial charge in [-0.1, -0.05) is 0 Å². The van der Waals surface area contributed by atoms with Gasteiger partial charge in [-0.3, -0.25) is 0 Å². The van der Waals surface area contributed by atoms with Gasteiger partial charge in [-0.2, -0.15) is 0 Å². The third kappa shape index (κ3) is 1.000. The van der Waals surface area contributed by atoms with Gasteiger partial charge in [0.05, 0.1) is 13.2 Å². The summed E-state index contributed by atoms with van der Waals surface area (Å²) in [6, 6.07) is 0. The van der Waals surface area contributed by atoms with Gasteiger partial charge >= 0.3 is 0 Å². The molecule has 5 heteroatoms. The quantitative estimate of drug-likeness (QED) is 0.361. The Morgan fingerprint density at radius 1 is 1.56 bits per heavy atom. The van der Waals surface area contributed by atoms with E-state index >= 15 is 0 Å². The first-order valence-electron chi connectivity index (χ1n) is 3.05. The van der Waals surface area contributed by atoms with Crippen LogP contribution in [0.25, 0.3) is 0 Å². The Labute approximate surface area is 56.4 Å². The smallest absolute Gasteiger partial charge is 0.120 e. The van der Waals surface area contributed by atoms with Crippen LogP contribution >= 0.6 is 0 Å². The molecular weight excluding hydrogens is 116 g/mol. The predicted molar refractivity (Wildman–Crippen MR) is 39.8 cm³/mol. The molecule has 0 aliphatic carbocycles. The van der Waals surface area contributed by atoms with Gasteiger partial charge in [0.25, 0.3) is 0 Å². The van der Waals surface area contributed by atoms with E-state index in [1.165, 1.54) is 0 Å². The molecule has 0 aromatic rings. The number of rotatable bonds is 1. The summed E-state index contributed by atoms with van der Waals surface area (Å²) in [5.41, 5.74) is 4.86. The van der Waals surface area contributed by atoms with Crippen LogP contribution in [0.3, 0.4) is 0 Å². The minimum absolute atomic E-state index is 0.372. The highest BCUT2D eigenvalue weighted by Crippen LogP contribution is 2.23. The first kappa shape index (κ1) is 7.12. The molecular formula is C4H11B2NO2. The SMILES string of the molecule is BC(B)(N)C1(O)COC1. The molecule has 0 aromatic carbocycles. The van der Waals surface area contributed by atoms with Crippen molar-refractivity contribution in [3.8, 4) is 0 Å². The molecule has 0 bridgehead atoms. The van der Waals surface area contributed by atoms with Crippen LogP contribution in [0.1, 0.15) is 0 Å². The van der Waals surface area contributed by atoms with Crippen molar-refractivity contribution in [1.82, 2.24) is 0 Å². The van der Waals surface area contributed by atoms with E-state index in [1.807, 2.05) is 0 Å². The van der Waals surface area contributed by atoms with Gasteiger partial charge in [0.15, 0.2) is 0 Å². The summed E-state index contributed by atoms with van der Waals surface area (Å²) < 4.78 is 4.83. The van der Waals surface area contributed by atoms with Crippen molar-refractivity contribution in [2.24, 2.45) is 5.73 Å². The standard InChI is InChI=1S/C4H11B2NO2/c5-4(6,7)3(8)1-9-2-3/h8H,1-2,5-7H2. The van der Waals surface area contributed by atoms with Crippen molar-refractivity contribution in [2.75, 3.05) is 13.2 Å². The zero-order chi connectivity index (χ0) is 7.12. The molecule has 0 saturated carbocycles. The molecule has 1 aliphatic heterocycles. The Hall–Kier alpha value is 0.00987. The summed E-state index contributed by atoms with van der Waals surface area (Å²) in [6.45, 7) is 0.743. The molecule has 9 heavy (non-hydrogen) atoms. The molecule has 50 valence electrons. The zero-order valence-electron chi connectivity index (χ0n) is 5.85. The second-order valence-electron chi connectivity index (χ2n) is 3.25. The fraction of sp³-hybridized carbons (Fsp3) is 1.00. The molecule has 0 aromatic heterocycles. The van der Waals surface area contributed by atoms with E-state index in [0.717, 1.165) is 0 Å². The van der Waals surface area contributed by atoms with Crippen LogP contribution in [0.4, 0.5) is 0 Å². The van der Waals surface area contributed by atoms with E-state index in [1.54, 1.807) is 15.7 Å². The molecule has 1 fully saturated rings. The molecule has 1 saturated heterocycles. The molecule has 0 atom stereocenters. The second-order valence-corrected chi connectivity index (χ2v) is 3.25. The van der Waals surface area contributed by atoms with Gasteiger partial charge in [0.2, 0.25) is 0 Å².